The van der Waals surface area contributed by atoms with Crippen LogP contribution in [0.1, 0.15) is 18.5 Å². The molecule has 16 heavy (non-hydrogen) atoms. The van der Waals surface area contributed by atoms with Crippen molar-refractivity contribution in [3.8, 4) is 5.75 Å². The molecule has 0 saturated carbocycles. The number of aliphatic hydroxyl groups excluding tert-OH is 1. The maximum atomic E-state index is 9.46. The Labute approximate surface area is 96.0 Å². The molecule has 0 saturated heterocycles. The van der Waals surface area contributed by atoms with Gasteiger partial charge in [0, 0.05) is 18.7 Å². The number of methoxy groups -OCH3 is 1. The number of para-hydroxylation sites is 1. The van der Waals surface area contributed by atoms with Crippen molar-refractivity contribution in [3.05, 3.63) is 29.8 Å². The van der Waals surface area contributed by atoms with Gasteiger partial charge in [-0.1, -0.05) is 18.2 Å². The summed E-state index contributed by atoms with van der Waals surface area (Å²) in [6, 6.07) is 7.47. The minimum Gasteiger partial charge on any atom is -0.490 e. The number of ether oxygens (including phenoxy) is 2. The van der Waals surface area contributed by atoms with Crippen LogP contribution < -0.4 is 10.5 Å². The maximum Gasteiger partial charge on any atom is 0.124 e. The van der Waals surface area contributed by atoms with E-state index in [2.05, 4.69) is 0 Å². The Morgan fingerprint density at radius 3 is 2.62 bits per heavy atom. The van der Waals surface area contributed by atoms with Gasteiger partial charge in [0.2, 0.25) is 0 Å². The van der Waals surface area contributed by atoms with Crippen molar-refractivity contribution in [1.29, 1.82) is 0 Å². The summed E-state index contributed by atoms with van der Waals surface area (Å²) < 4.78 is 10.3. The van der Waals surface area contributed by atoms with Gasteiger partial charge in [-0.15, -0.1) is 0 Å². The predicted molar refractivity (Wildman–Crippen MR) is 62.4 cm³/mol. The SMILES string of the molecule is COCC(O)COc1ccccc1[C@H](C)N. The average molecular weight is 225 g/mol. The van der Waals surface area contributed by atoms with Crippen molar-refractivity contribution in [3.63, 3.8) is 0 Å². The molecule has 0 aromatic heterocycles. The van der Waals surface area contributed by atoms with Gasteiger partial charge < -0.3 is 20.3 Å². The molecule has 0 fully saturated rings. The Morgan fingerprint density at radius 2 is 2.00 bits per heavy atom. The lowest BCUT2D eigenvalue weighted by molar-refractivity contribution is 0.0322. The summed E-state index contributed by atoms with van der Waals surface area (Å²) in [5.74, 6) is 0.715. The molecule has 0 spiro atoms. The van der Waals surface area contributed by atoms with Crippen molar-refractivity contribution in [1.82, 2.24) is 0 Å². The van der Waals surface area contributed by atoms with E-state index < -0.39 is 6.10 Å². The van der Waals surface area contributed by atoms with Crippen molar-refractivity contribution in [2.75, 3.05) is 20.3 Å². The first kappa shape index (κ1) is 13.0. The molecule has 1 aromatic carbocycles. The molecule has 1 aromatic rings. The highest BCUT2D eigenvalue weighted by atomic mass is 16.5. The average Bonchev–Trinajstić information content (AvgIpc) is 2.27. The molecule has 0 heterocycles. The molecule has 0 aliphatic heterocycles. The molecular formula is C12H19NO3. The molecule has 0 amide bonds. The van der Waals surface area contributed by atoms with E-state index in [0.717, 1.165) is 5.56 Å². The standard InChI is InChI=1S/C12H19NO3/c1-9(13)11-5-3-4-6-12(11)16-8-10(14)7-15-2/h3-6,9-10,14H,7-8,13H2,1-2H3/t9-,10?/m0/s1. The number of aliphatic hydroxyl groups is 1. The van der Waals surface area contributed by atoms with Crippen molar-refractivity contribution in [2.45, 2.75) is 19.1 Å². The second-order valence-electron chi connectivity index (χ2n) is 3.75. The maximum absolute atomic E-state index is 9.46. The molecule has 0 radical (unpaired) electrons. The Kier molecular flexibility index (Phi) is 5.25. The molecule has 1 unspecified atom stereocenters. The lowest BCUT2D eigenvalue weighted by Crippen LogP contribution is -2.23. The monoisotopic (exact) mass is 225 g/mol. The molecule has 0 aliphatic carbocycles. The van der Waals surface area contributed by atoms with Crippen LogP contribution >= 0.6 is 0 Å². The van der Waals surface area contributed by atoms with E-state index in [1.165, 1.54) is 0 Å². The predicted octanol–water partition coefficient (Wildman–Crippen LogP) is 1.09. The van der Waals surface area contributed by atoms with Gasteiger partial charge in [0.05, 0.1) is 6.61 Å². The van der Waals surface area contributed by atoms with Gasteiger partial charge in [0.15, 0.2) is 0 Å². The Balaban J connectivity index is 2.59. The minimum atomic E-state index is -0.619. The van der Waals surface area contributed by atoms with Gasteiger partial charge in [-0.25, -0.2) is 0 Å². The summed E-state index contributed by atoms with van der Waals surface area (Å²) in [6.07, 6.45) is -0.619. The van der Waals surface area contributed by atoms with Gasteiger partial charge in [0.1, 0.15) is 18.5 Å². The lowest BCUT2D eigenvalue weighted by Gasteiger charge is -2.16. The van der Waals surface area contributed by atoms with Gasteiger partial charge in [-0.05, 0) is 13.0 Å². The van der Waals surface area contributed by atoms with Crippen LogP contribution in [-0.4, -0.2) is 31.5 Å². The topological polar surface area (TPSA) is 64.7 Å². The quantitative estimate of drug-likeness (QED) is 0.760. The highest BCUT2D eigenvalue weighted by Crippen LogP contribution is 2.23. The fraction of sp³-hybridized carbons (Fsp3) is 0.500. The zero-order valence-electron chi connectivity index (χ0n) is 9.72. The van der Waals surface area contributed by atoms with Crippen LogP contribution in [0.5, 0.6) is 5.75 Å². The summed E-state index contributed by atoms with van der Waals surface area (Å²) in [5.41, 5.74) is 6.75. The minimum absolute atomic E-state index is 0.0873. The first-order valence-corrected chi connectivity index (χ1v) is 5.29. The van der Waals surface area contributed by atoms with Crippen LogP contribution in [0.15, 0.2) is 24.3 Å². The number of benzene rings is 1. The van der Waals surface area contributed by atoms with Crippen LogP contribution in [-0.2, 0) is 4.74 Å². The Hall–Kier alpha value is -1.10. The number of hydrogen-bond acceptors (Lipinski definition) is 4. The van der Waals surface area contributed by atoms with Crippen LogP contribution in [0, 0.1) is 0 Å². The summed E-state index contributed by atoms with van der Waals surface area (Å²) in [7, 11) is 1.54. The van der Waals surface area contributed by atoms with Gasteiger partial charge in [-0.3, -0.25) is 0 Å². The summed E-state index contributed by atoms with van der Waals surface area (Å²) >= 11 is 0. The first-order chi connectivity index (χ1) is 7.65. The van der Waals surface area contributed by atoms with Crippen LogP contribution in [0.2, 0.25) is 0 Å². The summed E-state index contributed by atoms with van der Waals surface area (Å²) in [4.78, 5) is 0. The fourth-order valence-electron chi connectivity index (χ4n) is 1.41. The number of rotatable bonds is 6. The van der Waals surface area contributed by atoms with E-state index >= 15 is 0 Å². The molecule has 0 bridgehead atoms. The third kappa shape index (κ3) is 3.81. The third-order valence-electron chi connectivity index (χ3n) is 2.20. The van der Waals surface area contributed by atoms with Gasteiger partial charge in [0.25, 0.3) is 0 Å². The zero-order valence-corrected chi connectivity index (χ0v) is 9.72. The van der Waals surface area contributed by atoms with E-state index in [0.29, 0.717) is 5.75 Å². The molecule has 3 N–H and O–H groups in total. The Morgan fingerprint density at radius 1 is 1.31 bits per heavy atom. The highest BCUT2D eigenvalue weighted by molar-refractivity contribution is 5.35. The van der Waals surface area contributed by atoms with E-state index in [1.54, 1.807) is 7.11 Å². The first-order valence-electron chi connectivity index (χ1n) is 5.29. The largest absolute Gasteiger partial charge is 0.490 e. The second-order valence-corrected chi connectivity index (χ2v) is 3.75. The fourth-order valence-corrected chi connectivity index (χ4v) is 1.41. The van der Waals surface area contributed by atoms with Crippen LogP contribution in [0.25, 0.3) is 0 Å². The summed E-state index contributed by atoms with van der Waals surface area (Å²) in [6.45, 7) is 2.37. The van der Waals surface area contributed by atoms with Gasteiger partial charge >= 0.3 is 0 Å². The molecule has 90 valence electrons. The third-order valence-corrected chi connectivity index (χ3v) is 2.20. The molecule has 4 nitrogen and oxygen atoms in total. The van der Waals surface area contributed by atoms with E-state index in [1.807, 2.05) is 31.2 Å². The second kappa shape index (κ2) is 6.48. The molecule has 2 atom stereocenters. The van der Waals surface area contributed by atoms with Crippen LogP contribution in [0.3, 0.4) is 0 Å². The highest BCUT2D eigenvalue weighted by Gasteiger charge is 2.09. The molecular weight excluding hydrogens is 206 g/mol. The molecule has 4 heteroatoms. The van der Waals surface area contributed by atoms with Crippen molar-refractivity contribution >= 4 is 0 Å². The van der Waals surface area contributed by atoms with E-state index in [9.17, 15) is 5.11 Å². The van der Waals surface area contributed by atoms with Crippen LogP contribution in [0.4, 0.5) is 0 Å². The Bertz CT molecular complexity index is 315. The normalized spacial score (nSPS) is 14.5. The summed E-state index contributed by atoms with van der Waals surface area (Å²) in [5, 5.41) is 9.46. The number of hydrogen-bond donors (Lipinski definition) is 2. The van der Waals surface area contributed by atoms with E-state index in [-0.39, 0.29) is 19.3 Å². The van der Waals surface area contributed by atoms with Gasteiger partial charge in [-0.2, -0.15) is 0 Å². The lowest BCUT2D eigenvalue weighted by atomic mass is 10.1. The zero-order chi connectivity index (χ0) is 12.0. The smallest absolute Gasteiger partial charge is 0.124 e. The van der Waals surface area contributed by atoms with E-state index in [4.69, 9.17) is 15.2 Å². The number of nitrogens with two attached hydrogens (primary N) is 1. The van der Waals surface area contributed by atoms with Crippen molar-refractivity contribution in [2.24, 2.45) is 5.73 Å². The molecule has 0 aliphatic rings. The van der Waals surface area contributed by atoms with Crippen molar-refractivity contribution < 1.29 is 14.6 Å². The molecule has 1 rings (SSSR count).